The van der Waals surface area contributed by atoms with Gasteiger partial charge >= 0.3 is 0 Å². The van der Waals surface area contributed by atoms with E-state index in [4.69, 9.17) is 18.0 Å². The van der Waals surface area contributed by atoms with Crippen LogP contribution in [0.4, 0.5) is 5.82 Å². The Morgan fingerprint density at radius 1 is 1.29 bits per heavy atom. The van der Waals surface area contributed by atoms with Crippen LogP contribution in [0, 0.1) is 0 Å². The summed E-state index contributed by atoms with van der Waals surface area (Å²) in [5.74, 6) is -0.107. The smallest absolute Gasteiger partial charge is 0.238 e. The average Bonchev–Trinajstić information content (AvgIpc) is 2.41. The van der Waals surface area contributed by atoms with Crippen molar-refractivity contribution in [1.82, 2.24) is 9.97 Å². The molecule has 0 saturated carbocycles. The number of halogens is 1. The average molecular weight is 387 g/mol. The number of benzene rings is 1. The van der Waals surface area contributed by atoms with E-state index in [0.717, 1.165) is 0 Å². The molecule has 2 aromatic rings. The molecule has 0 fully saturated rings. The molecule has 0 aliphatic carbocycles. The Bertz CT molecular complexity index is 763. The minimum absolute atomic E-state index is 0.144. The van der Waals surface area contributed by atoms with Crippen molar-refractivity contribution >= 4 is 49.0 Å². The summed E-state index contributed by atoms with van der Waals surface area (Å²) in [6.07, 6.45) is 2.72. The Balaban J connectivity index is 2.22. The van der Waals surface area contributed by atoms with Gasteiger partial charge in [-0.05, 0) is 21.5 Å². The summed E-state index contributed by atoms with van der Waals surface area (Å²) in [5.41, 5.74) is 6.66. The van der Waals surface area contributed by atoms with Gasteiger partial charge in [-0.15, -0.1) is 0 Å². The van der Waals surface area contributed by atoms with E-state index in [-0.39, 0.29) is 16.6 Å². The third-order valence-corrected chi connectivity index (χ3v) is 4.35. The van der Waals surface area contributed by atoms with Gasteiger partial charge in [-0.25, -0.2) is 18.4 Å². The number of hydrogen-bond donors (Lipinski definition) is 2. The van der Waals surface area contributed by atoms with Crippen LogP contribution in [0.5, 0.6) is 0 Å². The Kier molecular flexibility index (Phi) is 4.86. The lowest BCUT2D eigenvalue weighted by atomic mass is 10.1. The fourth-order valence-corrected chi connectivity index (χ4v) is 3.21. The van der Waals surface area contributed by atoms with Crippen molar-refractivity contribution in [3.8, 4) is 0 Å². The van der Waals surface area contributed by atoms with Crippen molar-refractivity contribution in [2.75, 3.05) is 4.72 Å². The van der Waals surface area contributed by atoms with Crippen molar-refractivity contribution in [3.05, 3.63) is 52.4 Å². The molecule has 0 aliphatic heterocycles. The summed E-state index contributed by atoms with van der Waals surface area (Å²) in [6, 6.07) is 6.83. The van der Waals surface area contributed by atoms with E-state index in [2.05, 4.69) is 30.6 Å². The van der Waals surface area contributed by atoms with Crippen LogP contribution >= 0.6 is 28.1 Å². The molecule has 0 saturated heterocycles. The van der Waals surface area contributed by atoms with Crippen LogP contribution in [0.3, 0.4) is 0 Å². The van der Waals surface area contributed by atoms with Crippen LogP contribution in [0.15, 0.2) is 41.3 Å². The number of rotatable bonds is 5. The van der Waals surface area contributed by atoms with Crippen LogP contribution in [-0.4, -0.2) is 23.4 Å². The molecule has 1 aromatic carbocycles. The van der Waals surface area contributed by atoms with Gasteiger partial charge in [0.15, 0.2) is 5.82 Å². The monoisotopic (exact) mass is 386 g/mol. The summed E-state index contributed by atoms with van der Waals surface area (Å²) in [7, 11) is -3.64. The van der Waals surface area contributed by atoms with E-state index in [1.807, 2.05) is 0 Å². The second-order valence-electron chi connectivity index (χ2n) is 4.11. The molecular weight excluding hydrogens is 376 g/mol. The number of anilines is 1. The first-order valence-electron chi connectivity index (χ1n) is 5.73. The highest BCUT2D eigenvalue weighted by molar-refractivity contribution is 9.10. The fourth-order valence-electron chi connectivity index (χ4n) is 1.65. The lowest BCUT2D eigenvalue weighted by Crippen LogP contribution is -2.19. The molecule has 6 nitrogen and oxygen atoms in total. The predicted octanol–water partition coefficient (Wildman–Crippen LogP) is 1.82. The molecule has 110 valence electrons. The number of thiocarbonyl (C=S) groups is 1. The Hall–Kier alpha value is -1.58. The summed E-state index contributed by atoms with van der Waals surface area (Å²) in [4.78, 5) is 7.97. The van der Waals surface area contributed by atoms with E-state index in [9.17, 15) is 8.42 Å². The zero-order valence-electron chi connectivity index (χ0n) is 10.7. The lowest BCUT2D eigenvalue weighted by molar-refractivity contribution is 0.600. The molecular formula is C12H11BrN4O2S2. The van der Waals surface area contributed by atoms with Gasteiger partial charge in [0.1, 0.15) is 9.59 Å². The first-order chi connectivity index (χ1) is 9.87. The molecule has 1 aromatic heterocycles. The standard InChI is InChI=1S/C12H11BrN4O2S2/c13-10-5-16-11(6-15-10)17-21(18,19)7-8-3-1-2-4-9(8)12(14)20/h1-6H,7H2,(H2,14,20)(H,16,17). The van der Waals surface area contributed by atoms with Crippen LogP contribution in [0.25, 0.3) is 0 Å². The minimum Gasteiger partial charge on any atom is -0.389 e. The normalized spacial score (nSPS) is 11.1. The van der Waals surface area contributed by atoms with Crippen molar-refractivity contribution in [2.45, 2.75) is 5.75 Å². The number of nitrogens with one attached hydrogen (secondary N) is 1. The second-order valence-corrected chi connectivity index (χ2v) is 7.08. The van der Waals surface area contributed by atoms with Gasteiger partial charge in [-0.3, -0.25) is 4.72 Å². The molecule has 0 bridgehead atoms. The molecule has 0 spiro atoms. The van der Waals surface area contributed by atoms with Crippen molar-refractivity contribution in [3.63, 3.8) is 0 Å². The lowest BCUT2D eigenvalue weighted by Gasteiger charge is -2.10. The molecule has 9 heteroatoms. The van der Waals surface area contributed by atoms with Gasteiger partial charge < -0.3 is 5.73 Å². The van der Waals surface area contributed by atoms with Gasteiger partial charge in [0.25, 0.3) is 0 Å². The number of sulfonamides is 1. The molecule has 0 aliphatic rings. The maximum atomic E-state index is 12.2. The summed E-state index contributed by atoms with van der Waals surface area (Å²) in [6.45, 7) is 0. The predicted molar refractivity (Wildman–Crippen MR) is 88.3 cm³/mol. The van der Waals surface area contributed by atoms with Gasteiger partial charge in [-0.2, -0.15) is 0 Å². The molecule has 21 heavy (non-hydrogen) atoms. The van der Waals surface area contributed by atoms with Crippen molar-refractivity contribution in [2.24, 2.45) is 5.73 Å². The van der Waals surface area contributed by atoms with Gasteiger partial charge in [0.05, 0.1) is 18.1 Å². The highest BCUT2D eigenvalue weighted by Crippen LogP contribution is 2.15. The Morgan fingerprint density at radius 2 is 2.00 bits per heavy atom. The summed E-state index contributed by atoms with van der Waals surface area (Å²) in [5, 5.41) is 0. The Labute approximate surface area is 136 Å². The summed E-state index contributed by atoms with van der Waals surface area (Å²) >= 11 is 8.04. The molecule has 0 unspecified atom stereocenters. The molecule has 3 N–H and O–H groups in total. The highest BCUT2D eigenvalue weighted by atomic mass is 79.9. The van der Waals surface area contributed by atoms with Crippen molar-refractivity contribution in [1.29, 1.82) is 0 Å². The van der Waals surface area contributed by atoms with Crippen LogP contribution in [0.1, 0.15) is 11.1 Å². The number of nitrogens with zero attached hydrogens (tertiary/aromatic N) is 2. The van der Waals surface area contributed by atoms with E-state index in [1.165, 1.54) is 12.4 Å². The second kappa shape index (κ2) is 6.46. The first-order valence-corrected chi connectivity index (χ1v) is 8.58. The van der Waals surface area contributed by atoms with Gasteiger partial charge in [0, 0.05) is 5.56 Å². The molecule has 1 heterocycles. The van der Waals surface area contributed by atoms with Gasteiger partial charge in [-0.1, -0.05) is 36.5 Å². The fraction of sp³-hybridized carbons (Fsp3) is 0.0833. The third kappa shape index (κ3) is 4.45. The quantitative estimate of drug-likeness (QED) is 0.760. The largest absolute Gasteiger partial charge is 0.389 e. The maximum Gasteiger partial charge on any atom is 0.238 e. The van der Waals surface area contributed by atoms with Gasteiger partial charge in [0.2, 0.25) is 10.0 Å². The molecule has 0 amide bonds. The number of aromatic nitrogens is 2. The Morgan fingerprint density at radius 3 is 2.62 bits per heavy atom. The minimum atomic E-state index is -3.64. The van der Waals surface area contributed by atoms with E-state index in [1.54, 1.807) is 24.3 Å². The highest BCUT2D eigenvalue weighted by Gasteiger charge is 2.16. The third-order valence-electron chi connectivity index (χ3n) is 2.51. The summed E-state index contributed by atoms with van der Waals surface area (Å²) < 4.78 is 27.2. The van der Waals surface area contributed by atoms with Crippen LogP contribution in [-0.2, 0) is 15.8 Å². The van der Waals surface area contributed by atoms with Crippen LogP contribution < -0.4 is 10.5 Å². The van der Waals surface area contributed by atoms with E-state index >= 15 is 0 Å². The number of hydrogen-bond acceptors (Lipinski definition) is 5. The van der Waals surface area contributed by atoms with E-state index < -0.39 is 10.0 Å². The maximum absolute atomic E-state index is 12.2. The SMILES string of the molecule is NC(=S)c1ccccc1CS(=O)(=O)Nc1cnc(Br)cn1. The zero-order valence-corrected chi connectivity index (χ0v) is 13.9. The zero-order chi connectivity index (χ0) is 15.5. The molecule has 0 atom stereocenters. The topological polar surface area (TPSA) is 98.0 Å². The van der Waals surface area contributed by atoms with Crippen LogP contribution in [0.2, 0.25) is 0 Å². The molecule has 2 rings (SSSR count). The molecule has 0 radical (unpaired) electrons. The van der Waals surface area contributed by atoms with Crippen molar-refractivity contribution < 1.29 is 8.42 Å². The first kappa shape index (κ1) is 15.8. The van der Waals surface area contributed by atoms with E-state index in [0.29, 0.717) is 15.7 Å². The number of nitrogens with two attached hydrogens (primary N) is 1.